The fourth-order valence-electron chi connectivity index (χ4n) is 7.72. The molecule has 0 fully saturated rings. The maximum absolute atomic E-state index is 7.03. The summed E-state index contributed by atoms with van der Waals surface area (Å²) in [6, 6.07) is 36.4. The number of para-hydroxylation sites is 1. The van der Waals surface area contributed by atoms with E-state index in [0.717, 1.165) is 55.0 Å². The number of benzene rings is 8. The molecule has 9 heteroatoms. The average Bonchev–Trinajstić information content (AvgIpc) is 3.54. The summed E-state index contributed by atoms with van der Waals surface area (Å²) in [5.74, 6) is 0. The molecule has 0 bridgehead atoms. The third-order valence-electron chi connectivity index (χ3n) is 10.2. The van der Waals surface area contributed by atoms with Crippen molar-refractivity contribution >= 4 is 161 Å². The Kier molecular flexibility index (Phi) is 7.30. The predicted molar refractivity (Wildman–Crippen MR) is 226 cm³/mol. The van der Waals surface area contributed by atoms with Gasteiger partial charge < -0.3 is 4.42 Å². The molecular formula is C42H18B8O. The minimum absolute atomic E-state index is 0.167. The lowest BCUT2D eigenvalue weighted by molar-refractivity contribution is 0.669. The first-order valence-electron chi connectivity index (χ1n) is 16.4. The maximum Gasteiger partial charge on any atom is 0.135 e. The second-order valence-corrected chi connectivity index (χ2v) is 13.0. The van der Waals surface area contributed by atoms with E-state index in [4.69, 9.17) is 67.2 Å². The molecule has 0 saturated carbocycles. The van der Waals surface area contributed by atoms with E-state index in [1.54, 1.807) is 0 Å². The summed E-state index contributed by atoms with van der Waals surface area (Å²) < 4.78 is 6.17. The van der Waals surface area contributed by atoms with Gasteiger partial charge in [0.05, 0.1) is 0 Å². The Hall–Kier alpha value is -5.14. The van der Waals surface area contributed by atoms with Crippen molar-refractivity contribution in [2.45, 2.75) is 0 Å². The topological polar surface area (TPSA) is 13.1 Å². The van der Waals surface area contributed by atoms with Crippen LogP contribution in [0.25, 0.3) is 87.6 Å². The van der Waals surface area contributed by atoms with Crippen molar-refractivity contribution in [2.75, 3.05) is 0 Å². The van der Waals surface area contributed by atoms with Gasteiger partial charge >= 0.3 is 0 Å². The van der Waals surface area contributed by atoms with Gasteiger partial charge in [-0.2, -0.15) is 0 Å². The maximum atomic E-state index is 7.03. The van der Waals surface area contributed by atoms with Crippen LogP contribution in [0.3, 0.4) is 0 Å². The fourth-order valence-corrected chi connectivity index (χ4v) is 7.72. The molecule has 0 saturated heterocycles. The van der Waals surface area contributed by atoms with E-state index >= 15 is 0 Å². The number of hydrogen-bond donors (Lipinski definition) is 0. The van der Waals surface area contributed by atoms with E-state index in [-0.39, 0.29) is 43.7 Å². The highest BCUT2D eigenvalue weighted by atomic mass is 16.3. The van der Waals surface area contributed by atoms with Crippen LogP contribution in [0.1, 0.15) is 0 Å². The second kappa shape index (κ2) is 11.7. The van der Waals surface area contributed by atoms with E-state index in [9.17, 15) is 0 Å². The Bertz CT molecular complexity index is 2870. The summed E-state index contributed by atoms with van der Waals surface area (Å²) in [6.07, 6.45) is 0. The number of hydrogen-bond acceptors (Lipinski definition) is 1. The molecule has 51 heavy (non-hydrogen) atoms. The lowest BCUT2D eigenvalue weighted by atomic mass is 9.59. The summed E-state index contributed by atoms with van der Waals surface area (Å²) in [7, 11) is 54.6. The number of rotatable bonds is 3. The van der Waals surface area contributed by atoms with E-state index in [0.29, 0.717) is 32.7 Å². The number of fused-ring (bicyclic) bond motifs is 6. The van der Waals surface area contributed by atoms with Crippen LogP contribution in [0.5, 0.6) is 0 Å². The quantitative estimate of drug-likeness (QED) is 0.218. The largest absolute Gasteiger partial charge is 0.456 e. The van der Waals surface area contributed by atoms with Gasteiger partial charge in [-0.1, -0.05) is 101 Å². The minimum Gasteiger partial charge on any atom is -0.456 e. The van der Waals surface area contributed by atoms with Crippen LogP contribution in [0.4, 0.5) is 0 Å². The van der Waals surface area contributed by atoms with Gasteiger partial charge in [0.15, 0.2) is 0 Å². The minimum atomic E-state index is 0.167. The molecule has 0 aliphatic rings. The standard InChI is InChI=1S/C42H18B8O/c43-35-31-29(21-14-15-28-26(17-21)24-12-6-7-13-27(24)51-28)32-34(38(46)42(50)40(48)36(32)44)30(33(31)37(45)41(49)39(35)47)22-16-20-10-4-5-11-23(20)25(18-22)19-8-2-1-3-9-19/h1-18H. The summed E-state index contributed by atoms with van der Waals surface area (Å²) in [5, 5.41) is 6.22. The fraction of sp³-hybridized carbons (Fsp3) is 0. The molecule has 1 aromatic heterocycles. The van der Waals surface area contributed by atoms with Crippen molar-refractivity contribution in [3.8, 4) is 33.4 Å². The Labute approximate surface area is 306 Å². The lowest BCUT2D eigenvalue weighted by Gasteiger charge is -2.29. The molecule has 0 amide bonds. The van der Waals surface area contributed by atoms with Crippen LogP contribution in [0.2, 0.25) is 0 Å². The summed E-state index contributed by atoms with van der Waals surface area (Å²) in [6.45, 7) is 0. The molecule has 1 heterocycles. The predicted octanol–water partition coefficient (Wildman–Crippen LogP) is 2.40. The molecule has 1 nitrogen and oxygen atoms in total. The van der Waals surface area contributed by atoms with Crippen molar-refractivity contribution in [3.63, 3.8) is 0 Å². The van der Waals surface area contributed by atoms with Gasteiger partial charge in [0.2, 0.25) is 0 Å². The first-order chi connectivity index (χ1) is 24.7. The third-order valence-corrected chi connectivity index (χ3v) is 10.2. The molecule has 8 aromatic carbocycles. The first kappa shape index (κ1) is 31.8. The Morgan fingerprint density at radius 3 is 1.43 bits per heavy atom. The second-order valence-electron chi connectivity index (χ2n) is 13.0. The highest BCUT2D eigenvalue weighted by molar-refractivity contribution is 6.71. The zero-order chi connectivity index (χ0) is 35.3. The van der Waals surface area contributed by atoms with Gasteiger partial charge in [-0.15, -0.1) is 21.9 Å². The molecule has 216 valence electrons. The molecule has 0 N–H and O–H groups in total. The summed E-state index contributed by atoms with van der Waals surface area (Å²) >= 11 is 0. The van der Waals surface area contributed by atoms with E-state index in [1.807, 2.05) is 72.8 Å². The lowest BCUT2D eigenvalue weighted by Crippen LogP contribution is -2.50. The molecule has 0 unspecified atom stereocenters. The highest BCUT2D eigenvalue weighted by Gasteiger charge is 2.25. The SMILES string of the molecule is [B]c1c([B])c([B])c2c(-c3ccc4oc5ccccc5c4c3)c3c([B])c([B])c([B])c([B])c3c(-c3cc(-c4ccccc4)c4ccccc4c3)c2c1[B]. The Balaban J connectivity index is 1.54. The zero-order valence-corrected chi connectivity index (χ0v) is 27.4. The molecule has 0 atom stereocenters. The third kappa shape index (κ3) is 4.60. The van der Waals surface area contributed by atoms with Crippen LogP contribution in [0.15, 0.2) is 114 Å². The van der Waals surface area contributed by atoms with E-state index < -0.39 is 0 Å². The van der Waals surface area contributed by atoms with Gasteiger partial charge in [0.25, 0.3) is 0 Å². The van der Waals surface area contributed by atoms with Crippen molar-refractivity contribution in [2.24, 2.45) is 0 Å². The highest BCUT2D eigenvalue weighted by Crippen LogP contribution is 2.44. The van der Waals surface area contributed by atoms with E-state index in [2.05, 4.69) is 36.4 Å². The molecule has 0 spiro atoms. The van der Waals surface area contributed by atoms with Crippen LogP contribution < -0.4 is 43.7 Å². The van der Waals surface area contributed by atoms with Crippen molar-refractivity contribution in [3.05, 3.63) is 109 Å². The first-order valence-corrected chi connectivity index (χ1v) is 16.4. The van der Waals surface area contributed by atoms with Crippen LogP contribution in [0, 0.1) is 0 Å². The van der Waals surface area contributed by atoms with Crippen LogP contribution in [-0.2, 0) is 0 Å². The molecule has 9 aromatic rings. The van der Waals surface area contributed by atoms with Gasteiger partial charge in [-0.05, 0) is 96.0 Å². The van der Waals surface area contributed by atoms with E-state index in [1.165, 1.54) is 0 Å². The molecule has 0 aliphatic carbocycles. The molecular weight excluding hydrogens is 607 g/mol. The molecule has 0 aliphatic heterocycles. The van der Waals surface area contributed by atoms with Gasteiger partial charge in [0.1, 0.15) is 73.9 Å². The van der Waals surface area contributed by atoms with Crippen molar-refractivity contribution in [1.29, 1.82) is 0 Å². The van der Waals surface area contributed by atoms with Gasteiger partial charge in [-0.3, -0.25) is 0 Å². The Morgan fingerprint density at radius 2 is 0.824 bits per heavy atom. The monoisotopic (exact) mass is 626 g/mol. The van der Waals surface area contributed by atoms with Crippen LogP contribution in [-0.4, -0.2) is 62.8 Å². The van der Waals surface area contributed by atoms with Gasteiger partial charge in [0, 0.05) is 10.8 Å². The van der Waals surface area contributed by atoms with Crippen molar-refractivity contribution in [1.82, 2.24) is 0 Å². The van der Waals surface area contributed by atoms with Crippen LogP contribution >= 0.6 is 0 Å². The molecule has 16 radical (unpaired) electrons. The van der Waals surface area contributed by atoms with Crippen molar-refractivity contribution < 1.29 is 4.42 Å². The Morgan fingerprint density at radius 1 is 0.333 bits per heavy atom. The van der Waals surface area contributed by atoms with Gasteiger partial charge in [-0.25, -0.2) is 0 Å². The summed E-state index contributed by atoms with van der Waals surface area (Å²) in [5.41, 5.74) is 8.10. The number of furan rings is 1. The molecule has 9 rings (SSSR count). The zero-order valence-electron chi connectivity index (χ0n) is 27.4. The summed E-state index contributed by atoms with van der Waals surface area (Å²) in [4.78, 5) is 0. The smallest absolute Gasteiger partial charge is 0.135 e. The average molecular weight is 625 g/mol. The normalized spacial score (nSPS) is 11.8.